The van der Waals surface area contributed by atoms with E-state index in [4.69, 9.17) is 0 Å². The summed E-state index contributed by atoms with van der Waals surface area (Å²) in [7, 11) is 0. The first kappa shape index (κ1) is 14.1. The highest BCUT2D eigenvalue weighted by Gasteiger charge is 2.09. The molecule has 0 saturated carbocycles. The van der Waals surface area contributed by atoms with Gasteiger partial charge in [-0.1, -0.05) is 48.0 Å². The van der Waals surface area contributed by atoms with Crippen LogP contribution >= 0.6 is 0 Å². The van der Waals surface area contributed by atoms with Crippen molar-refractivity contribution >= 4 is 11.6 Å². The minimum absolute atomic E-state index is 0.0112. The molecule has 0 heterocycles. The highest BCUT2D eigenvalue weighted by molar-refractivity contribution is 5.81. The molecule has 0 bridgehead atoms. The van der Waals surface area contributed by atoms with Crippen molar-refractivity contribution in [2.24, 2.45) is 0 Å². The third-order valence-corrected chi connectivity index (χ3v) is 3.15. The molecule has 2 aromatic carbocycles. The maximum atomic E-state index is 11.9. The Morgan fingerprint density at radius 3 is 2.55 bits per heavy atom. The van der Waals surface area contributed by atoms with Gasteiger partial charge in [-0.2, -0.15) is 0 Å². The number of para-hydroxylation sites is 1. The van der Waals surface area contributed by atoms with Crippen LogP contribution in [0.25, 0.3) is 0 Å². The predicted molar refractivity (Wildman–Crippen MR) is 82.7 cm³/mol. The van der Waals surface area contributed by atoms with E-state index >= 15 is 0 Å². The molecular weight excluding hydrogens is 248 g/mol. The first-order chi connectivity index (χ1) is 9.65. The molecule has 0 unspecified atom stereocenters. The van der Waals surface area contributed by atoms with Gasteiger partial charge in [0.25, 0.3) is 0 Å². The van der Waals surface area contributed by atoms with Crippen molar-refractivity contribution in [2.45, 2.75) is 19.9 Å². The number of benzene rings is 2. The van der Waals surface area contributed by atoms with Gasteiger partial charge in [-0.15, -0.1) is 0 Å². The fraction of sp³-hybridized carbons (Fsp3) is 0.235. The number of hydrogen-bond donors (Lipinski definition) is 2. The second-order valence-corrected chi connectivity index (χ2v) is 4.92. The average Bonchev–Trinajstić information content (AvgIpc) is 2.46. The molecule has 3 heteroatoms. The van der Waals surface area contributed by atoms with Crippen LogP contribution in [0.4, 0.5) is 5.69 Å². The van der Waals surface area contributed by atoms with Crippen LogP contribution in [-0.4, -0.2) is 12.5 Å². The topological polar surface area (TPSA) is 41.1 Å². The van der Waals surface area contributed by atoms with Crippen molar-refractivity contribution in [1.29, 1.82) is 0 Å². The average molecular weight is 268 g/mol. The second kappa shape index (κ2) is 6.75. The van der Waals surface area contributed by atoms with Gasteiger partial charge >= 0.3 is 0 Å². The van der Waals surface area contributed by atoms with E-state index in [1.54, 1.807) is 0 Å². The second-order valence-electron chi connectivity index (χ2n) is 4.92. The summed E-state index contributed by atoms with van der Waals surface area (Å²) in [5, 5.41) is 6.09. The Labute approximate surface area is 120 Å². The molecule has 2 rings (SSSR count). The van der Waals surface area contributed by atoms with E-state index in [1.807, 2.05) is 49.4 Å². The van der Waals surface area contributed by atoms with Gasteiger partial charge < -0.3 is 10.6 Å². The number of carbonyl (C=O) groups is 1. The third kappa shape index (κ3) is 4.12. The molecule has 2 aromatic rings. The van der Waals surface area contributed by atoms with Crippen LogP contribution in [0.5, 0.6) is 0 Å². The zero-order valence-corrected chi connectivity index (χ0v) is 11.9. The quantitative estimate of drug-likeness (QED) is 0.873. The van der Waals surface area contributed by atoms with Crippen LogP contribution in [0.2, 0.25) is 0 Å². The van der Waals surface area contributed by atoms with E-state index in [9.17, 15) is 4.79 Å². The molecule has 1 amide bonds. The van der Waals surface area contributed by atoms with Crippen LogP contribution < -0.4 is 10.6 Å². The van der Waals surface area contributed by atoms with Crippen LogP contribution in [0.15, 0.2) is 54.6 Å². The zero-order chi connectivity index (χ0) is 14.4. The Morgan fingerprint density at radius 2 is 1.85 bits per heavy atom. The molecule has 3 nitrogen and oxygen atoms in total. The van der Waals surface area contributed by atoms with E-state index in [0.717, 1.165) is 11.3 Å². The van der Waals surface area contributed by atoms with Crippen LogP contribution in [-0.2, 0) is 4.79 Å². The van der Waals surface area contributed by atoms with E-state index in [-0.39, 0.29) is 18.5 Å². The third-order valence-electron chi connectivity index (χ3n) is 3.15. The number of amides is 1. The van der Waals surface area contributed by atoms with E-state index in [1.165, 1.54) is 5.56 Å². The highest BCUT2D eigenvalue weighted by Crippen LogP contribution is 2.13. The lowest BCUT2D eigenvalue weighted by Crippen LogP contribution is -2.32. The summed E-state index contributed by atoms with van der Waals surface area (Å²) in [5.41, 5.74) is 3.27. The first-order valence-electron chi connectivity index (χ1n) is 6.80. The Bertz CT molecular complexity index is 566. The fourth-order valence-corrected chi connectivity index (χ4v) is 2.05. The minimum atomic E-state index is -0.0112. The molecule has 1 atom stereocenters. The summed E-state index contributed by atoms with van der Waals surface area (Å²) < 4.78 is 0. The largest absolute Gasteiger partial charge is 0.376 e. The monoisotopic (exact) mass is 268 g/mol. The summed E-state index contributed by atoms with van der Waals surface area (Å²) in [6.07, 6.45) is 0. The Morgan fingerprint density at radius 1 is 1.10 bits per heavy atom. The van der Waals surface area contributed by atoms with Crippen molar-refractivity contribution in [1.82, 2.24) is 5.32 Å². The van der Waals surface area contributed by atoms with Gasteiger partial charge in [0.2, 0.25) is 5.91 Å². The van der Waals surface area contributed by atoms with Gasteiger partial charge in [0.15, 0.2) is 0 Å². The number of nitrogens with one attached hydrogen (secondary N) is 2. The molecule has 0 aliphatic carbocycles. The van der Waals surface area contributed by atoms with Crippen LogP contribution in [0, 0.1) is 6.92 Å². The number of anilines is 1. The molecule has 104 valence electrons. The van der Waals surface area contributed by atoms with Crippen molar-refractivity contribution in [3.63, 3.8) is 0 Å². The Balaban J connectivity index is 1.85. The van der Waals surface area contributed by atoms with Crippen molar-refractivity contribution < 1.29 is 4.79 Å². The summed E-state index contributed by atoms with van der Waals surface area (Å²) in [6, 6.07) is 17.9. The number of aryl methyl sites for hydroxylation is 1. The van der Waals surface area contributed by atoms with Gasteiger partial charge in [-0.25, -0.2) is 0 Å². The Hall–Kier alpha value is -2.29. The summed E-state index contributed by atoms with van der Waals surface area (Å²) in [6.45, 7) is 4.32. The summed E-state index contributed by atoms with van der Waals surface area (Å²) in [4.78, 5) is 11.9. The number of hydrogen-bond acceptors (Lipinski definition) is 2. The molecule has 0 fully saturated rings. The summed E-state index contributed by atoms with van der Waals surface area (Å²) >= 11 is 0. The van der Waals surface area contributed by atoms with Crippen LogP contribution in [0.1, 0.15) is 24.1 Å². The smallest absolute Gasteiger partial charge is 0.239 e. The van der Waals surface area contributed by atoms with Crippen LogP contribution in [0.3, 0.4) is 0 Å². The van der Waals surface area contributed by atoms with Gasteiger partial charge in [-0.3, -0.25) is 4.79 Å². The van der Waals surface area contributed by atoms with Gasteiger partial charge in [0.1, 0.15) is 0 Å². The van der Waals surface area contributed by atoms with Gasteiger partial charge in [-0.05, 0) is 31.5 Å². The maximum Gasteiger partial charge on any atom is 0.239 e. The SMILES string of the molecule is Cc1cccc([C@H](C)NC(=O)CNc2ccccc2)c1. The van der Waals surface area contributed by atoms with Gasteiger partial charge in [0, 0.05) is 5.69 Å². The molecule has 0 aliphatic rings. The fourth-order valence-electron chi connectivity index (χ4n) is 2.05. The van der Waals surface area contributed by atoms with Crippen molar-refractivity contribution in [2.75, 3.05) is 11.9 Å². The number of rotatable bonds is 5. The summed E-state index contributed by atoms with van der Waals surface area (Å²) in [5.74, 6) is -0.0112. The van der Waals surface area contributed by atoms with E-state index in [0.29, 0.717) is 0 Å². The highest BCUT2D eigenvalue weighted by atomic mass is 16.1. The Kier molecular flexibility index (Phi) is 4.77. The molecule has 2 N–H and O–H groups in total. The molecular formula is C17H20N2O. The van der Waals surface area contributed by atoms with Crippen molar-refractivity contribution in [3.8, 4) is 0 Å². The standard InChI is InChI=1S/C17H20N2O/c1-13-7-6-8-15(11-13)14(2)19-17(20)12-18-16-9-4-3-5-10-16/h3-11,14,18H,12H2,1-2H3,(H,19,20)/t14-/m0/s1. The molecule has 0 saturated heterocycles. The first-order valence-corrected chi connectivity index (χ1v) is 6.80. The predicted octanol–water partition coefficient (Wildman–Crippen LogP) is 3.28. The zero-order valence-electron chi connectivity index (χ0n) is 11.9. The lowest BCUT2D eigenvalue weighted by atomic mass is 10.1. The van der Waals surface area contributed by atoms with E-state index in [2.05, 4.69) is 29.7 Å². The minimum Gasteiger partial charge on any atom is -0.376 e. The maximum absolute atomic E-state index is 11.9. The molecule has 20 heavy (non-hydrogen) atoms. The lowest BCUT2D eigenvalue weighted by Gasteiger charge is -2.15. The molecule has 0 radical (unpaired) electrons. The van der Waals surface area contributed by atoms with Gasteiger partial charge in [0.05, 0.1) is 12.6 Å². The molecule has 0 aromatic heterocycles. The van der Waals surface area contributed by atoms with E-state index < -0.39 is 0 Å². The number of carbonyl (C=O) groups excluding carboxylic acids is 1. The molecule has 0 spiro atoms. The molecule has 0 aliphatic heterocycles. The van der Waals surface area contributed by atoms with Crippen molar-refractivity contribution in [3.05, 3.63) is 65.7 Å². The normalized spacial score (nSPS) is 11.7. The lowest BCUT2D eigenvalue weighted by molar-refractivity contribution is -0.120.